The Morgan fingerprint density at radius 1 is 1.12 bits per heavy atom. The lowest BCUT2D eigenvalue weighted by atomic mass is 10.1. The van der Waals surface area contributed by atoms with Crippen molar-refractivity contribution >= 4 is 39.3 Å². The fourth-order valence-electron chi connectivity index (χ4n) is 3.79. The van der Waals surface area contributed by atoms with Crippen molar-refractivity contribution in [2.45, 2.75) is 19.4 Å². The van der Waals surface area contributed by atoms with Crippen LogP contribution in [-0.4, -0.2) is 50.4 Å². The summed E-state index contributed by atoms with van der Waals surface area (Å²) in [5.41, 5.74) is 1.74. The fraction of sp³-hybridized carbons (Fsp3) is 0.208. The molecule has 1 aromatic carbocycles. The highest BCUT2D eigenvalue weighted by Gasteiger charge is 2.43. The number of hydrogen-bond donors (Lipinski definition) is 2. The lowest BCUT2D eigenvalue weighted by molar-refractivity contribution is -0.130. The van der Waals surface area contributed by atoms with E-state index in [9.17, 15) is 9.59 Å². The van der Waals surface area contributed by atoms with Gasteiger partial charge in [-0.25, -0.2) is 14.8 Å². The molecule has 0 spiro atoms. The fourth-order valence-corrected chi connectivity index (χ4v) is 4.85. The van der Waals surface area contributed by atoms with Gasteiger partial charge in [-0.2, -0.15) is 0 Å². The van der Waals surface area contributed by atoms with Crippen LogP contribution in [0.5, 0.6) is 0 Å². The van der Waals surface area contributed by atoms with Gasteiger partial charge >= 0.3 is 6.03 Å². The normalized spacial score (nSPS) is 15.2. The summed E-state index contributed by atoms with van der Waals surface area (Å²) in [5.74, 6) is 0.189. The van der Waals surface area contributed by atoms with Gasteiger partial charge in [0.1, 0.15) is 5.54 Å². The number of urea groups is 1. The lowest BCUT2D eigenvalue weighted by Crippen LogP contribution is -2.40. The second-order valence-corrected chi connectivity index (χ2v) is 9.37. The Morgan fingerprint density at radius 3 is 2.70 bits per heavy atom. The predicted molar refractivity (Wildman–Crippen MR) is 129 cm³/mol. The molecule has 2 N–H and O–H groups in total. The molecule has 0 radical (unpaired) electrons. The smallest absolute Gasteiger partial charge is 0.325 e. The molecule has 166 valence electrons. The minimum absolute atomic E-state index is 0.222. The van der Waals surface area contributed by atoms with Crippen LogP contribution in [0.2, 0.25) is 0 Å². The molecule has 5 rings (SSSR count). The van der Waals surface area contributed by atoms with Gasteiger partial charge in [0.25, 0.3) is 5.91 Å². The number of anilines is 1. The van der Waals surface area contributed by atoms with Gasteiger partial charge < -0.3 is 10.6 Å². The third-order valence-corrected chi connectivity index (χ3v) is 6.61. The number of nitrogens with zero attached hydrogens (tertiary/aromatic N) is 4. The highest BCUT2D eigenvalue weighted by Crippen LogP contribution is 2.37. The largest absolute Gasteiger partial charge is 0.352 e. The third-order valence-electron chi connectivity index (χ3n) is 5.48. The molecule has 0 bridgehead atoms. The number of imide groups is 1. The molecule has 8 nitrogen and oxygen atoms in total. The number of hydrogen-bond acceptors (Lipinski definition) is 7. The maximum absolute atomic E-state index is 12.4. The first-order valence-corrected chi connectivity index (χ1v) is 11.4. The van der Waals surface area contributed by atoms with Crippen molar-refractivity contribution in [1.82, 2.24) is 25.2 Å². The molecule has 1 aliphatic rings. The van der Waals surface area contributed by atoms with Crippen LogP contribution in [-0.2, 0) is 4.79 Å². The van der Waals surface area contributed by atoms with Gasteiger partial charge in [0.05, 0.1) is 10.6 Å². The molecule has 0 unspecified atom stereocenters. The van der Waals surface area contributed by atoms with Gasteiger partial charge in [-0.15, -0.1) is 11.3 Å². The summed E-state index contributed by atoms with van der Waals surface area (Å²) < 4.78 is 1.18. The summed E-state index contributed by atoms with van der Waals surface area (Å²) in [6, 6.07) is 13.8. The maximum atomic E-state index is 12.4. The van der Waals surface area contributed by atoms with Gasteiger partial charge in [-0.3, -0.25) is 14.7 Å². The molecule has 4 heterocycles. The molecule has 3 aromatic heterocycles. The minimum atomic E-state index is -0.882. The molecule has 1 saturated heterocycles. The van der Waals surface area contributed by atoms with E-state index in [1.807, 2.05) is 24.3 Å². The highest BCUT2D eigenvalue weighted by molar-refractivity contribution is 7.22. The lowest BCUT2D eigenvalue weighted by Gasteiger charge is -2.16. The number of fused-ring (bicyclic) bond motifs is 1. The van der Waals surface area contributed by atoms with Gasteiger partial charge in [0, 0.05) is 47.5 Å². The second-order valence-electron chi connectivity index (χ2n) is 8.28. The van der Waals surface area contributed by atoms with E-state index >= 15 is 0 Å². The van der Waals surface area contributed by atoms with Crippen LogP contribution < -0.4 is 10.6 Å². The van der Waals surface area contributed by atoms with E-state index in [-0.39, 0.29) is 18.5 Å². The Balaban J connectivity index is 1.43. The summed E-state index contributed by atoms with van der Waals surface area (Å²) in [5, 5.41) is 7.00. The van der Waals surface area contributed by atoms with Crippen LogP contribution in [0.25, 0.3) is 31.8 Å². The molecule has 4 aromatic rings. The molecule has 1 fully saturated rings. The second kappa shape index (κ2) is 8.25. The molecule has 9 heteroatoms. The highest BCUT2D eigenvalue weighted by atomic mass is 32.1. The van der Waals surface area contributed by atoms with Crippen molar-refractivity contribution in [2.75, 3.05) is 18.4 Å². The van der Waals surface area contributed by atoms with E-state index in [1.54, 1.807) is 43.8 Å². The predicted octanol–water partition coefficient (Wildman–Crippen LogP) is 4.16. The molecule has 33 heavy (non-hydrogen) atoms. The molecular formula is C24H22N6O2S. The van der Waals surface area contributed by atoms with E-state index in [0.717, 1.165) is 27.1 Å². The monoisotopic (exact) mass is 458 g/mol. The maximum Gasteiger partial charge on any atom is 0.325 e. The average Bonchev–Trinajstić information content (AvgIpc) is 3.33. The van der Waals surface area contributed by atoms with Crippen molar-refractivity contribution in [1.29, 1.82) is 0 Å². The molecule has 1 aliphatic heterocycles. The minimum Gasteiger partial charge on any atom is -0.352 e. The van der Waals surface area contributed by atoms with Crippen molar-refractivity contribution in [2.24, 2.45) is 0 Å². The summed E-state index contributed by atoms with van der Waals surface area (Å²) in [6.07, 6.45) is 5.31. The van der Waals surface area contributed by atoms with E-state index in [4.69, 9.17) is 4.98 Å². The average molecular weight is 459 g/mol. The van der Waals surface area contributed by atoms with E-state index in [0.29, 0.717) is 12.5 Å². The van der Waals surface area contributed by atoms with Crippen molar-refractivity contribution < 1.29 is 9.59 Å². The number of pyridine rings is 1. The first-order chi connectivity index (χ1) is 15.9. The number of aromatic nitrogens is 3. The van der Waals surface area contributed by atoms with Gasteiger partial charge in [-0.05, 0) is 37.4 Å². The van der Waals surface area contributed by atoms with Crippen LogP contribution >= 0.6 is 11.3 Å². The number of thiophene rings is 1. The number of carbonyl (C=O) groups excluding carboxylic acids is 2. The molecule has 0 saturated carbocycles. The van der Waals surface area contributed by atoms with E-state index in [2.05, 4.69) is 38.8 Å². The number of amides is 3. The van der Waals surface area contributed by atoms with Crippen molar-refractivity contribution in [3.05, 3.63) is 61.1 Å². The zero-order chi connectivity index (χ0) is 23.0. The van der Waals surface area contributed by atoms with Crippen LogP contribution in [0.1, 0.15) is 13.8 Å². The topological polar surface area (TPSA) is 100 Å². The summed E-state index contributed by atoms with van der Waals surface area (Å²) in [4.78, 5) is 40.2. The summed E-state index contributed by atoms with van der Waals surface area (Å²) >= 11 is 1.67. The first kappa shape index (κ1) is 21.0. The Hall–Kier alpha value is -3.85. The van der Waals surface area contributed by atoms with Crippen LogP contribution in [0.3, 0.4) is 0 Å². The van der Waals surface area contributed by atoms with Crippen LogP contribution in [0, 0.1) is 0 Å². The van der Waals surface area contributed by atoms with Crippen LogP contribution in [0.15, 0.2) is 61.1 Å². The molecular weight excluding hydrogens is 436 g/mol. The Labute approximate surface area is 194 Å². The van der Waals surface area contributed by atoms with Gasteiger partial charge in [0.2, 0.25) is 5.95 Å². The van der Waals surface area contributed by atoms with Crippen LogP contribution in [0.4, 0.5) is 10.7 Å². The Kier molecular flexibility index (Phi) is 5.26. The number of rotatable bonds is 6. The van der Waals surface area contributed by atoms with E-state index in [1.165, 1.54) is 9.60 Å². The third kappa shape index (κ3) is 4.03. The molecule has 0 aliphatic carbocycles. The standard InChI is InChI=1S/C24H22N6O2S/c1-24(2)21(31)30(23(32)29-24)11-10-26-22-27-14-17(16-7-5-9-25-13-16)20(28-22)19-12-15-6-3-4-8-18(15)33-19/h3-9,12-14H,10-11H2,1-2H3,(H,29,32)(H,26,27,28). The number of carbonyl (C=O) groups is 2. The van der Waals surface area contributed by atoms with Gasteiger partial charge in [-0.1, -0.05) is 24.3 Å². The summed E-state index contributed by atoms with van der Waals surface area (Å²) in [7, 11) is 0. The Morgan fingerprint density at radius 2 is 1.97 bits per heavy atom. The Bertz CT molecular complexity index is 1320. The summed E-state index contributed by atoms with van der Waals surface area (Å²) in [6.45, 7) is 3.95. The number of nitrogens with one attached hydrogen (secondary N) is 2. The molecule has 3 amide bonds. The number of benzene rings is 1. The SMILES string of the molecule is CC1(C)NC(=O)N(CCNc2ncc(-c3cccnc3)c(-c3cc4ccccc4s3)n2)C1=O. The van der Waals surface area contributed by atoms with Gasteiger partial charge in [0.15, 0.2) is 0 Å². The first-order valence-electron chi connectivity index (χ1n) is 10.6. The van der Waals surface area contributed by atoms with E-state index < -0.39 is 5.54 Å². The zero-order valence-corrected chi connectivity index (χ0v) is 19.0. The van der Waals surface area contributed by atoms with Crippen molar-refractivity contribution in [3.63, 3.8) is 0 Å². The van der Waals surface area contributed by atoms with Crippen molar-refractivity contribution in [3.8, 4) is 21.7 Å². The quantitative estimate of drug-likeness (QED) is 0.421. The molecule has 0 atom stereocenters. The zero-order valence-electron chi connectivity index (χ0n) is 18.2.